The number of nitrogens with one attached hydrogen (secondary N) is 1. The molecule has 4 heteroatoms. The van der Waals surface area contributed by atoms with E-state index in [2.05, 4.69) is 12.2 Å². The molecule has 0 aliphatic heterocycles. The summed E-state index contributed by atoms with van der Waals surface area (Å²) in [6.07, 6.45) is 0. The van der Waals surface area contributed by atoms with Crippen LogP contribution >= 0.6 is 12.2 Å². The van der Waals surface area contributed by atoms with Crippen molar-refractivity contribution in [3.8, 4) is 0 Å². The molecule has 0 aromatic rings. The van der Waals surface area contributed by atoms with Crippen molar-refractivity contribution in [1.29, 1.82) is 5.41 Å². The maximum Gasteiger partial charge on any atom is 0.0554 e. The first-order valence-electron chi connectivity index (χ1n) is 0.901. The van der Waals surface area contributed by atoms with Gasteiger partial charge in [-0.05, 0) is 12.2 Å². The van der Waals surface area contributed by atoms with E-state index in [9.17, 15) is 0 Å². The lowest BCUT2D eigenvalue weighted by molar-refractivity contribution is 0.399. The molecule has 6 heavy (non-hydrogen) atoms. The molecule has 0 saturated heterocycles. The number of isothiocyanates is 1. The fourth-order valence-corrected chi connectivity index (χ4v) is 0. The van der Waals surface area contributed by atoms with Gasteiger partial charge in [-0.3, -0.25) is 0 Å². The molecule has 0 bridgehead atoms. The van der Waals surface area contributed by atoms with Gasteiger partial charge in [0.05, 0.1) is 5.16 Å². The third-order valence-electron chi connectivity index (χ3n) is 0. The van der Waals surface area contributed by atoms with Gasteiger partial charge < -0.3 is 11.3 Å². The van der Waals surface area contributed by atoms with Crippen molar-refractivity contribution in [2.75, 3.05) is 7.11 Å². The van der Waals surface area contributed by atoms with Gasteiger partial charge in [-0.15, -0.1) is 0 Å². The molecule has 0 saturated carbocycles. The molecule has 38 valence electrons. The Kier molecular flexibility index (Phi) is 362. The molecule has 0 amide bonds. The van der Waals surface area contributed by atoms with E-state index in [-0.39, 0.29) is 6.15 Å². The quantitative estimate of drug-likeness (QED) is 0.311. The summed E-state index contributed by atoms with van der Waals surface area (Å²) in [5.74, 6) is 0. The third-order valence-corrected chi connectivity index (χ3v) is 0. The van der Waals surface area contributed by atoms with E-state index >= 15 is 0 Å². The normalized spacial score (nSPS) is 2.33. The average Bonchev–Trinajstić information content (AvgIpc) is 1.46. The summed E-state index contributed by atoms with van der Waals surface area (Å²) < 4.78 is 0. The first-order chi connectivity index (χ1) is 2.41. The molecule has 5 N–H and O–H groups in total. The molecule has 0 spiro atoms. The Labute approximate surface area is 42.1 Å². The number of aliphatic hydroxyl groups excluding tert-OH is 1. The van der Waals surface area contributed by atoms with Gasteiger partial charge in [0.1, 0.15) is 0 Å². The van der Waals surface area contributed by atoms with Crippen LogP contribution in [0.15, 0.2) is 0 Å². The predicted molar refractivity (Wildman–Crippen MR) is 28.5 cm³/mol. The van der Waals surface area contributed by atoms with Crippen LogP contribution < -0.4 is 6.15 Å². The van der Waals surface area contributed by atoms with Crippen LogP contribution in [-0.4, -0.2) is 17.4 Å². The van der Waals surface area contributed by atoms with Crippen LogP contribution in [0.3, 0.4) is 0 Å². The van der Waals surface area contributed by atoms with Gasteiger partial charge in [0.15, 0.2) is 0 Å². The van der Waals surface area contributed by atoms with Gasteiger partial charge >= 0.3 is 0 Å². The molecule has 0 radical (unpaired) electrons. The van der Waals surface area contributed by atoms with E-state index in [0.717, 1.165) is 7.11 Å². The Morgan fingerprint density at radius 3 is 1.67 bits per heavy atom. The summed E-state index contributed by atoms with van der Waals surface area (Å²) in [5.41, 5.74) is 0. The molecule has 0 fully saturated rings. The summed E-state index contributed by atoms with van der Waals surface area (Å²) in [4.78, 5) is 0. The van der Waals surface area contributed by atoms with Crippen molar-refractivity contribution in [3.05, 3.63) is 0 Å². The minimum Gasteiger partial charge on any atom is -0.400 e. The van der Waals surface area contributed by atoms with Crippen molar-refractivity contribution < 1.29 is 5.11 Å². The maximum absolute atomic E-state index is 7.00. The van der Waals surface area contributed by atoms with Crippen LogP contribution in [-0.2, 0) is 0 Å². The minimum absolute atomic E-state index is 0. The minimum atomic E-state index is 0. The van der Waals surface area contributed by atoms with Crippen LogP contribution in [0.4, 0.5) is 0 Å². The van der Waals surface area contributed by atoms with Crippen molar-refractivity contribution in [2.24, 2.45) is 0 Å². The van der Waals surface area contributed by atoms with Crippen LogP contribution in [0.25, 0.3) is 0 Å². The molecule has 0 unspecified atom stereocenters. The van der Waals surface area contributed by atoms with Crippen molar-refractivity contribution in [2.45, 2.75) is 0 Å². The van der Waals surface area contributed by atoms with E-state index < -0.39 is 0 Å². The lowest BCUT2D eigenvalue weighted by Crippen LogP contribution is -1.25. The largest absolute Gasteiger partial charge is 0.400 e. The Hall–Kier alpha value is -0.280. The second-order valence-electron chi connectivity index (χ2n) is 0.102. The van der Waals surface area contributed by atoms with Crippen LogP contribution in [0.2, 0.25) is 0 Å². The van der Waals surface area contributed by atoms with E-state index in [1.54, 1.807) is 5.16 Å². The van der Waals surface area contributed by atoms with E-state index in [0.29, 0.717) is 0 Å². The summed E-state index contributed by atoms with van der Waals surface area (Å²) in [6.45, 7) is 0. The first-order valence-corrected chi connectivity index (χ1v) is 1.31. The van der Waals surface area contributed by atoms with Gasteiger partial charge in [-0.1, -0.05) is 0 Å². The van der Waals surface area contributed by atoms with Crippen LogP contribution in [0.5, 0.6) is 0 Å². The molecule has 0 aromatic carbocycles. The summed E-state index contributed by atoms with van der Waals surface area (Å²) in [7, 11) is 1.00. The van der Waals surface area contributed by atoms with Gasteiger partial charge in [0.2, 0.25) is 0 Å². The van der Waals surface area contributed by atoms with Crippen LogP contribution in [0.1, 0.15) is 0 Å². The molecule has 3 nitrogen and oxygen atoms in total. The van der Waals surface area contributed by atoms with Crippen molar-refractivity contribution in [1.82, 2.24) is 6.15 Å². The van der Waals surface area contributed by atoms with Gasteiger partial charge in [0, 0.05) is 7.11 Å². The monoisotopic (exact) mass is 108 g/mol. The second-order valence-corrected chi connectivity index (χ2v) is 0.306. The highest BCUT2D eigenvalue weighted by Crippen LogP contribution is 1.16. The number of rotatable bonds is 0. The zero-order valence-corrected chi connectivity index (χ0v) is 4.38. The average molecular weight is 108 g/mol. The maximum atomic E-state index is 7.00. The second kappa shape index (κ2) is 126. The first kappa shape index (κ1) is 17.2. The van der Waals surface area contributed by atoms with E-state index in [4.69, 9.17) is 10.5 Å². The number of hydrogen-bond donors (Lipinski definition) is 3. The summed E-state index contributed by atoms with van der Waals surface area (Å²) in [5, 5.41) is 14.4. The van der Waals surface area contributed by atoms with Gasteiger partial charge in [-0.25, -0.2) is 5.41 Å². The van der Waals surface area contributed by atoms with E-state index in [1.807, 2.05) is 0 Å². The van der Waals surface area contributed by atoms with Crippen molar-refractivity contribution >= 4 is 17.4 Å². The third kappa shape index (κ3) is 351. The fraction of sp³-hybridized carbons (Fsp3) is 0.500. The SMILES string of the molecule is CO.N.N=C=S. The highest BCUT2D eigenvalue weighted by molar-refractivity contribution is 7.78. The molecule has 0 aliphatic rings. The Balaban J connectivity index is -0.0000000275. The van der Waals surface area contributed by atoms with Crippen molar-refractivity contribution in [3.63, 3.8) is 0 Å². The molecule has 0 rings (SSSR count). The van der Waals surface area contributed by atoms with E-state index in [1.165, 1.54) is 0 Å². The van der Waals surface area contributed by atoms with Gasteiger partial charge in [0.25, 0.3) is 0 Å². The summed E-state index contributed by atoms with van der Waals surface area (Å²) in [6, 6.07) is 0. The molecule has 0 atom stereocenters. The lowest BCUT2D eigenvalue weighted by atomic mass is 11.8. The number of thiocarbonyl (C=S) groups is 1. The van der Waals surface area contributed by atoms with Crippen LogP contribution in [0, 0.1) is 5.41 Å². The highest BCUT2D eigenvalue weighted by Gasteiger charge is 0.975. The lowest BCUT2D eigenvalue weighted by Gasteiger charge is -1.21. The Morgan fingerprint density at radius 2 is 1.67 bits per heavy atom. The number of aliphatic hydroxyl groups is 1. The zero-order chi connectivity index (χ0) is 4.71. The Bertz CT molecular complexity index is 32.5. The molecular weight excluding hydrogens is 100 g/mol. The standard InChI is InChI=1S/CHNS.CH4O.H3N/c2-1-3;1-2;/h2H;2H,1H3;1H3. The fourth-order valence-electron chi connectivity index (χ4n) is 0. The highest BCUT2D eigenvalue weighted by atomic mass is 32.1. The molecule has 0 aliphatic carbocycles. The molecular formula is C2H8N2OS. The Morgan fingerprint density at radius 1 is 1.67 bits per heavy atom. The predicted octanol–water partition coefficient (Wildman–Crippen LogP) is 0.438. The summed E-state index contributed by atoms with van der Waals surface area (Å²) >= 11 is 3.81. The van der Waals surface area contributed by atoms with Gasteiger partial charge in [-0.2, -0.15) is 0 Å². The topological polar surface area (TPSA) is 79.1 Å². The molecule has 0 aromatic heterocycles. The zero-order valence-electron chi connectivity index (χ0n) is 3.56. The molecule has 0 heterocycles. The number of hydrogen-bond acceptors (Lipinski definition) is 4. The smallest absolute Gasteiger partial charge is 0.0554 e.